The van der Waals surface area contributed by atoms with E-state index < -0.39 is 35.1 Å². The average molecular weight is 315 g/mol. The molecule has 0 fully saturated rings. The standard InChI is InChI=1S/C9H4BrF5N2/c10-2-6-7(8(11)12)5(9(13,14)15)1-4(3-16)17-6/h1,8H,2H2. The fourth-order valence-corrected chi connectivity index (χ4v) is 1.67. The highest BCUT2D eigenvalue weighted by atomic mass is 79.9. The van der Waals surface area contributed by atoms with Crippen molar-refractivity contribution in [3.63, 3.8) is 0 Å². The Morgan fingerprint density at radius 2 is 2.00 bits per heavy atom. The van der Waals surface area contributed by atoms with Gasteiger partial charge in [0.15, 0.2) is 0 Å². The number of halogens is 6. The molecule has 1 aromatic heterocycles. The second-order valence-electron chi connectivity index (χ2n) is 2.96. The normalized spacial score (nSPS) is 11.6. The van der Waals surface area contributed by atoms with Gasteiger partial charge < -0.3 is 0 Å². The summed E-state index contributed by atoms with van der Waals surface area (Å²) in [6, 6.07) is 1.73. The molecule has 0 spiro atoms. The Labute approximate surface area is 101 Å². The summed E-state index contributed by atoms with van der Waals surface area (Å²) in [6.07, 6.45) is -8.25. The zero-order valence-electron chi connectivity index (χ0n) is 8.02. The van der Waals surface area contributed by atoms with E-state index in [0.29, 0.717) is 6.07 Å². The zero-order valence-corrected chi connectivity index (χ0v) is 9.61. The van der Waals surface area contributed by atoms with Crippen molar-refractivity contribution in [1.82, 2.24) is 4.98 Å². The monoisotopic (exact) mass is 314 g/mol. The molecule has 0 unspecified atom stereocenters. The van der Waals surface area contributed by atoms with Gasteiger partial charge >= 0.3 is 6.18 Å². The van der Waals surface area contributed by atoms with Gasteiger partial charge in [0.25, 0.3) is 6.43 Å². The Bertz CT molecular complexity index is 464. The Balaban J connectivity index is 3.60. The number of hydrogen-bond acceptors (Lipinski definition) is 2. The van der Waals surface area contributed by atoms with Gasteiger partial charge in [-0.1, -0.05) is 15.9 Å². The zero-order chi connectivity index (χ0) is 13.2. The number of hydrogen-bond donors (Lipinski definition) is 0. The van der Waals surface area contributed by atoms with E-state index >= 15 is 0 Å². The van der Waals surface area contributed by atoms with Crippen LogP contribution in [0, 0.1) is 11.3 Å². The molecule has 0 saturated carbocycles. The van der Waals surface area contributed by atoms with E-state index in [2.05, 4.69) is 20.9 Å². The van der Waals surface area contributed by atoms with Gasteiger partial charge in [0.2, 0.25) is 0 Å². The highest BCUT2D eigenvalue weighted by molar-refractivity contribution is 9.08. The first-order valence-electron chi connectivity index (χ1n) is 4.16. The molecule has 0 bridgehead atoms. The van der Waals surface area contributed by atoms with Crippen molar-refractivity contribution >= 4 is 15.9 Å². The van der Waals surface area contributed by atoms with Gasteiger partial charge in [-0.25, -0.2) is 13.8 Å². The first kappa shape index (κ1) is 13.8. The van der Waals surface area contributed by atoms with Gasteiger partial charge in [0.05, 0.1) is 16.8 Å². The van der Waals surface area contributed by atoms with Crippen molar-refractivity contribution in [3.05, 3.63) is 28.6 Å². The van der Waals surface area contributed by atoms with E-state index in [4.69, 9.17) is 5.26 Å². The van der Waals surface area contributed by atoms with Crippen LogP contribution in [0.15, 0.2) is 6.07 Å². The Kier molecular flexibility index (Phi) is 4.03. The molecular formula is C9H4BrF5N2. The number of rotatable bonds is 2. The Morgan fingerprint density at radius 3 is 2.35 bits per heavy atom. The van der Waals surface area contributed by atoms with E-state index in [-0.39, 0.29) is 5.33 Å². The van der Waals surface area contributed by atoms with Crippen LogP contribution in [0.4, 0.5) is 22.0 Å². The van der Waals surface area contributed by atoms with Crippen molar-refractivity contribution in [1.29, 1.82) is 5.26 Å². The minimum Gasteiger partial charge on any atom is -0.241 e. The number of aromatic nitrogens is 1. The molecule has 1 aromatic rings. The van der Waals surface area contributed by atoms with Crippen LogP contribution in [0.1, 0.15) is 28.9 Å². The molecule has 0 atom stereocenters. The summed E-state index contributed by atoms with van der Waals surface area (Å²) in [6.45, 7) is 0. The number of alkyl halides is 6. The second-order valence-corrected chi connectivity index (χ2v) is 3.52. The molecule has 0 aliphatic rings. The topological polar surface area (TPSA) is 36.7 Å². The SMILES string of the molecule is N#Cc1cc(C(F)(F)F)c(C(F)F)c(CBr)n1. The van der Waals surface area contributed by atoms with Gasteiger partial charge in [-0.15, -0.1) is 0 Å². The molecule has 0 radical (unpaired) electrons. The molecular weight excluding hydrogens is 311 g/mol. The van der Waals surface area contributed by atoms with Gasteiger partial charge in [-0.3, -0.25) is 0 Å². The smallest absolute Gasteiger partial charge is 0.241 e. The largest absolute Gasteiger partial charge is 0.417 e. The lowest BCUT2D eigenvalue weighted by Gasteiger charge is -2.15. The summed E-state index contributed by atoms with van der Waals surface area (Å²) in [7, 11) is 0. The first-order chi connectivity index (χ1) is 7.81. The van der Waals surface area contributed by atoms with Gasteiger partial charge in [-0.05, 0) is 6.07 Å². The molecule has 0 aliphatic carbocycles. The number of nitrogens with zero attached hydrogens (tertiary/aromatic N) is 2. The van der Waals surface area contributed by atoms with Gasteiger partial charge in [0, 0.05) is 5.33 Å². The van der Waals surface area contributed by atoms with Crippen LogP contribution >= 0.6 is 15.9 Å². The molecule has 17 heavy (non-hydrogen) atoms. The summed E-state index contributed by atoms with van der Waals surface area (Å²) in [5, 5.41) is 8.21. The minimum absolute atomic E-state index is 0.286. The van der Waals surface area contributed by atoms with Gasteiger partial charge in [0.1, 0.15) is 11.8 Å². The van der Waals surface area contributed by atoms with Crippen molar-refractivity contribution < 1.29 is 22.0 Å². The highest BCUT2D eigenvalue weighted by Crippen LogP contribution is 2.38. The van der Waals surface area contributed by atoms with Crippen LogP contribution in [-0.2, 0) is 11.5 Å². The maximum atomic E-state index is 12.6. The van der Waals surface area contributed by atoms with E-state index in [1.54, 1.807) is 0 Å². The highest BCUT2D eigenvalue weighted by Gasteiger charge is 2.38. The lowest BCUT2D eigenvalue weighted by Crippen LogP contribution is -2.14. The third-order valence-electron chi connectivity index (χ3n) is 1.90. The Morgan fingerprint density at radius 1 is 1.41 bits per heavy atom. The molecule has 0 aromatic carbocycles. The molecule has 0 amide bonds. The minimum atomic E-state index is -4.95. The van der Waals surface area contributed by atoms with Crippen molar-refractivity contribution in [2.24, 2.45) is 0 Å². The molecule has 0 N–H and O–H groups in total. The third-order valence-corrected chi connectivity index (χ3v) is 2.43. The van der Waals surface area contributed by atoms with Crippen LogP contribution < -0.4 is 0 Å². The molecule has 0 saturated heterocycles. The third kappa shape index (κ3) is 2.91. The maximum absolute atomic E-state index is 12.6. The molecule has 1 rings (SSSR count). The van der Waals surface area contributed by atoms with Crippen molar-refractivity contribution in [2.75, 3.05) is 0 Å². The van der Waals surface area contributed by atoms with Crippen LogP contribution in [-0.4, -0.2) is 4.98 Å². The first-order valence-corrected chi connectivity index (χ1v) is 5.28. The fraction of sp³-hybridized carbons (Fsp3) is 0.333. The molecule has 0 aliphatic heterocycles. The lowest BCUT2D eigenvalue weighted by atomic mass is 10.1. The molecule has 2 nitrogen and oxygen atoms in total. The summed E-state index contributed by atoms with van der Waals surface area (Å²) >= 11 is 2.77. The number of pyridine rings is 1. The number of nitriles is 1. The molecule has 92 valence electrons. The van der Waals surface area contributed by atoms with E-state index in [1.165, 1.54) is 6.07 Å². The van der Waals surface area contributed by atoms with E-state index in [0.717, 1.165) is 0 Å². The van der Waals surface area contributed by atoms with E-state index in [9.17, 15) is 22.0 Å². The average Bonchev–Trinajstić information content (AvgIpc) is 2.25. The summed E-state index contributed by atoms with van der Waals surface area (Å²) < 4.78 is 62.9. The fourth-order valence-electron chi connectivity index (χ4n) is 1.24. The maximum Gasteiger partial charge on any atom is 0.417 e. The van der Waals surface area contributed by atoms with Crippen LogP contribution in [0.3, 0.4) is 0 Å². The molecule has 8 heteroatoms. The second kappa shape index (κ2) is 4.96. The van der Waals surface area contributed by atoms with Crippen LogP contribution in [0.2, 0.25) is 0 Å². The summed E-state index contributed by atoms with van der Waals surface area (Å²) in [5.74, 6) is 0. The van der Waals surface area contributed by atoms with Crippen LogP contribution in [0.25, 0.3) is 0 Å². The summed E-state index contributed by atoms with van der Waals surface area (Å²) in [4.78, 5) is 3.42. The lowest BCUT2D eigenvalue weighted by molar-refractivity contribution is -0.139. The Hall–Kier alpha value is -1.23. The molecule has 1 heterocycles. The van der Waals surface area contributed by atoms with Crippen molar-refractivity contribution in [2.45, 2.75) is 17.9 Å². The quantitative estimate of drug-likeness (QED) is 0.615. The van der Waals surface area contributed by atoms with E-state index in [1.807, 2.05) is 0 Å². The predicted octanol–water partition coefficient (Wildman–Crippen LogP) is 3.80. The summed E-state index contributed by atoms with van der Waals surface area (Å²) in [5.41, 5.74) is -3.73. The van der Waals surface area contributed by atoms with Crippen molar-refractivity contribution in [3.8, 4) is 6.07 Å². The predicted molar refractivity (Wildman–Crippen MR) is 51.5 cm³/mol. The van der Waals surface area contributed by atoms with Crippen LogP contribution in [0.5, 0.6) is 0 Å². The van der Waals surface area contributed by atoms with Gasteiger partial charge in [-0.2, -0.15) is 18.4 Å².